The normalized spacial score (nSPS) is 15.6. The standard InChI is InChI=1S/C19H20N2O5S/c1-12-10-14(4-6-17(12)19(23)24)20-18(22)16-7-5-15(11-13(16)2)21-8-3-9-27(21,25)26/h4-7,10-11H,3,8-9H2,1-2H3,(H,20,22)(H,23,24). The van der Waals surface area contributed by atoms with Gasteiger partial charge in [0.1, 0.15) is 0 Å². The van der Waals surface area contributed by atoms with Gasteiger partial charge in [-0.1, -0.05) is 0 Å². The molecule has 0 radical (unpaired) electrons. The van der Waals surface area contributed by atoms with Crippen molar-refractivity contribution >= 4 is 33.3 Å². The molecule has 8 heteroatoms. The minimum Gasteiger partial charge on any atom is -0.478 e. The molecule has 3 rings (SSSR count). The summed E-state index contributed by atoms with van der Waals surface area (Å²) < 4.78 is 25.5. The summed E-state index contributed by atoms with van der Waals surface area (Å²) in [5.41, 5.74) is 2.87. The Balaban J connectivity index is 1.81. The van der Waals surface area contributed by atoms with Gasteiger partial charge in [-0.3, -0.25) is 9.10 Å². The van der Waals surface area contributed by atoms with E-state index >= 15 is 0 Å². The molecule has 0 atom stereocenters. The highest BCUT2D eigenvalue weighted by molar-refractivity contribution is 7.93. The number of carboxylic acids is 1. The summed E-state index contributed by atoms with van der Waals surface area (Å²) in [4.78, 5) is 23.6. The Morgan fingerprint density at radius 2 is 1.70 bits per heavy atom. The van der Waals surface area contributed by atoms with Crippen molar-refractivity contribution in [3.05, 3.63) is 58.7 Å². The largest absolute Gasteiger partial charge is 0.478 e. The third kappa shape index (κ3) is 3.80. The fraction of sp³-hybridized carbons (Fsp3) is 0.263. The van der Waals surface area contributed by atoms with Gasteiger partial charge in [0.2, 0.25) is 10.0 Å². The molecule has 2 N–H and O–H groups in total. The van der Waals surface area contributed by atoms with Crippen LogP contribution >= 0.6 is 0 Å². The number of sulfonamides is 1. The number of hydrogen-bond acceptors (Lipinski definition) is 4. The third-order valence-corrected chi connectivity index (χ3v) is 6.43. The predicted molar refractivity (Wildman–Crippen MR) is 103 cm³/mol. The maximum absolute atomic E-state index is 12.6. The highest BCUT2D eigenvalue weighted by Crippen LogP contribution is 2.26. The van der Waals surface area contributed by atoms with E-state index in [1.165, 1.54) is 16.4 Å². The van der Waals surface area contributed by atoms with Crippen LogP contribution in [0.15, 0.2) is 36.4 Å². The van der Waals surface area contributed by atoms with Gasteiger partial charge < -0.3 is 10.4 Å². The lowest BCUT2D eigenvalue weighted by Gasteiger charge is -2.18. The highest BCUT2D eigenvalue weighted by atomic mass is 32.2. The lowest BCUT2D eigenvalue weighted by molar-refractivity contribution is 0.0696. The highest BCUT2D eigenvalue weighted by Gasteiger charge is 2.28. The second-order valence-corrected chi connectivity index (χ2v) is 8.54. The first-order valence-electron chi connectivity index (χ1n) is 8.45. The molecule has 1 heterocycles. The molecule has 1 fully saturated rings. The fourth-order valence-electron chi connectivity index (χ4n) is 3.17. The summed E-state index contributed by atoms with van der Waals surface area (Å²) in [5.74, 6) is -1.22. The number of anilines is 2. The Morgan fingerprint density at radius 3 is 2.26 bits per heavy atom. The molecule has 0 aromatic heterocycles. The zero-order chi connectivity index (χ0) is 19.8. The molecule has 1 saturated heterocycles. The second kappa shape index (κ2) is 7.03. The van der Waals surface area contributed by atoms with Crippen LogP contribution in [0.5, 0.6) is 0 Å². The summed E-state index contributed by atoms with van der Waals surface area (Å²) in [6, 6.07) is 9.50. The number of amides is 1. The number of benzene rings is 2. The van der Waals surface area contributed by atoms with E-state index in [1.807, 2.05) is 0 Å². The van der Waals surface area contributed by atoms with Gasteiger partial charge in [-0.25, -0.2) is 13.2 Å². The van der Waals surface area contributed by atoms with Gasteiger partial charge in [0.15, 0.2) is 0 Å². The lowest BCUT2D eigenvalue weighted by atomic mass is 10.1. The van der Waals surface area contributed by atoms with E-state index in [0.29, 0.717) is 41.0 Å². The van der Waals surface area contributed by atoms with Crippen LogP contribution in [-0.2, 0) is 10.0 Å². The van der Waals surface area contributed by atoms with Crippen molar-refractivity contribution in [1.29, 1.82) is 0 Å². The van der Waals surface area contributed by atoms with Crippen molar-refractivity contribution < 1.29 is 23.1 Å². The minimum atomic E-state index is -3.27. The molecule has 27 heavy (non-hydrogen) atoms. The molecule has 142 valence electrons. The lowest BCUT2D eigenvalue weighted by Crippen LogP contribution is -2.25. The first kappa shape index (κ1) is 18.9. The smallest absolute Gasteiger partial charge is 0.335 e. The first-order chi connectivity index (χ1) is 12.7. The number of carbonyl (C=O) groups is 2. The zero-order valence-electron chi connectivity index (χ0n) is 15.0. The van der Waals surface area contributed by atoms with Crippen LogP contribution in [0, 0.1) is 13.8 Å². The Bertz CT molecular complexity index is 1030. The maximum atomic E-state index is 12.6. The Morgan fingerprint density at radius 1 is 1.04 bits per heavy atom. The van der Waals surface area contributed by atoms with Crippen molar-refractivity contribution in [2.24, 2.45) is 0 Å². The molecular weight excluding hydrogens is 368 g/mol. The molecule has 2 aromatic carbocycles. The van der Waals surface area contributed by atoms with Crippen LogP contribution in [0.25, 0.3) is 0 Å². The van der Waals surface area contributed by atoms with Crippen LogP contribution in [0.1, 0.15) is 38.3 Å². The van der Waals surface area contributed by atoms with E-state index in [-0.39, 0.29) is 17.2 Å². The number of carbonyl (C=O) groups excluding carboxylic acids is 1. The summed E-state index contributed by atoms with van der Waals surface area (Å²) in [5, 5.41) is 11.8. The molecule has 1 amide bonds. The van der Waals surface area contributed by atoms with Crippen LogP contribution in [-0.4, -0.2) is 37.7 Å². The van der Waals surface area contributed by atoms with E-state index in [2.05, 4.69) is 5.32 Å². The Labute approximate surface area is 157 Å². The molecular formula is C19H20N2O5S. The SMILES string of the molecule is Cc1cc(NC(=O)c2ccc(N3CCCS3(=O)=O)cc2C)ccc1C(=O)O. The summed E-state index contributed by atoms with van der Waals surface area (Å²) >= 11 is 0. The van der Waals surface area contributed by atoms with Crippen LogP contribution in [0.3, 0.4) is 0 Å². The first-order valence-corrected chi connectivity index (χ1v) is 10.1. The molecule has 2 aromatic rings. The van der Waals surface area contributed by atoms with Gasteiger partial charge in [-0.2, -0.15) is 0 Å². The summed E-state index contributed by atoms with van der Waals surface area (Å²) in [6.45, 7) is 3.86. The quantitative estimate of drug-likeness (QED) is 0.838. The third-order valence-electron chi connectivity index (χ3n) is 4.56. The van der Waals surface area contributed by atoms with Gasteiger partial charge in [-0.05, 0) is 67.8 Å². The number of aryl methyl sites for hydroxylation is 2. The predicted octanol–water partition coefficient (Wildman–Crippen LogP) is 2.79. The van der Waals surface area contributed by atoms with E-state index in [9.17, 15) is 18.0 Å². The topological polar surface area (TPSA) is 104 Å². The minimum absolute atomic E-state index is 0.139. The fourth-order valence-corrected chi connectivity index (χ4v) is 4.72. The number of nitrogens with one attached hydrogen (secondary N) is 1. The molecule has 0 aliphatic carbocycles. The van der Waals surface area contributed by atoms with Crippen molar-refractivity contribution in [3.8, 4) is 0 Å². The van der Waals surface area contributed by atoms with Crippen LogP contribution in [0.2, 0.25) is 0 Å². The van der Waals surface area contributed by atoms with Gasteiger partial charge in [-0.15, -0.1) is 0 Å². The molecule has 0 saturated carbocycles. The molecule has 0 bridgehead atoms. The Hall–Kier alpha value is -2.87. The van der Waals surface area contributed by atoms with Gasteiger partial charge in [0.05, 0.1) is 17.0 Å². The van der Waals surface area contributed by atoms with Gasteiger partial charge in [0, 0.05) is 17.8 Å². The summed E-state index contributed by atoms with van der Waals surface area (Å²) in [6.07, 6.45) is 0.593. The summed E-state index contributed by atoms with van der Waals surface area (Å²) in [7, 11) is -3.27. The van der Waals surface area contributed by atoms with Crippen molar-refractivity contribution in [1.82, 2.24) is 0 Å². The van der Waals surface area contributed by atoms with Gasteiger partial charge in [0.25, 0.3) is 5.91 Å². The zero-order valence-corrected chi connectivity index (χ0v) is 15.8. The van der Waals surface area contributed by atoms with Crippen LogP contribution < -0.4 is 9.62 Å². The average molecular weight is 388 g/mol. The number of nitrogens with zero attached hydrogens (tertiary/aromatic N) is 1. The Kier molecular flexibility index (Phi) is 4.93. The van der Waals surface area contributed by atoms with Crippen molar-refractivity contribution in [2.45, 2.75) is 20.3 Å². The average Bonchev–Trinajstić information content (AvgIpc) is 2.93. The molecule has 0 unspecified atom stereocenters. The second-order valence-electron chi connectivity index (χ2n) is 6.53. The molecule has 1 aliphatic heterocycles. The van der Waals surface area contributed by atoms with E-state index in [0.717, 1.165) is 0 Å². The number of carboxylic acid groups (broad SMARTS) is 1. The van der Waals surface area contributed by atoms with Crippen molar-refractivity contribution in [3.63, 3.8) is 0 Å². The van der Waals surface area contributed by atoms with E-state index in [1.54, 1.807) is 38.1 Å². The maximum Gasteiger partial charge on any atom is 0.335 e. The van der Waals surface area contributed by atoms with Crippen LogP contribution in [0.4, 0.5) is 11.4 Å². The molecule has 7 nitrogen and oxygen atoms in total. The van der Waals surface area contributed by atoms with E-state index in [4.69, 9.17) is 5.11 Å². The molecule has 1 aliphatic rings. The van der Waals surface area contributed by atoms with E-state index < -0.39 is 16.0 Å². The number of aromatic carboxylic acids is 1. The van der Waals surface area contributed by atoms with Gasteiger partial charge >= 0.3 is 5.97 Å². The number of hydrogen-bond donors (Lipinski definition) is 2. The van der Waals surface area contributed by atoms with Crippen molar-refractivity contribution in [2.75, 3.05) is 21.9 Å². The molecule has 0 spiro atoms. The monoisotopic (exact) mass is 388 g/mol. The number of rotatable bonds is 4.